The summed E-state index contributed by atoms with van der Waals surface area (Å²) in [6.45, 7) is 14.6. The van der Waals surface area contributed by atoms with Crippen LogP contribution in [0, 0.1) is 23.7 Å². The SMILES string of the molecule is CCC(O)C(OC)C(C)C(C)C=NOC.CCCC(C)C(C)C(OC)C(O)CC. The molecule has 0 saturated carbocycles. The zero-order chi connectivity index (χ0) is 23.0. The Morgan fingerprint density at radius 3 is 1.59 bits per heavy atom. The number of rotatable bonds is 14. The lowest BCUT2D eigenvalue weighted by Crippen LogP contribution is -2.37. The van der Waals surface area contributed by atoms with Crippen LogP contribution in [0.5, 0.6) is 0 Å². The van der Waals surface area contributed by atoms with Crippen LogP contribution < -0.4 is 0 Å². The fraction of sp³-hybridized carbons (Fsp3) is 0.957. The van der Waals surface area contributed by atoms with Gasteiger partial charge in [0.1, 0.15) is 7.11 Å². The van der Waals surface area contributed by atoms with Crippen LogP contribution in [0.15, 0.2) is 5.16 Å². The fourth-order valence-corrected chi connectivity index (χ4v) is 3.54. The van der Waals surface area contributed by atoms with Crippen LogP contribution in [0.2, 0.25) is 0 Å². The van der Waals surface area contributed by atoms with Crippen LogP contribution in [-0.2, 0) is 14.3 Å². The topological polar surface area (TPSA) is 80.5 Å². The molecule has 8 unspecified atom stereocenters. The van der Waals surface area contributed by atoms with E-state index in [2.05, 4.69) is 30.8 Å². The zero-order valence-corrected chi connectivity index (χ0v) is 20.6. The number of nitrogens with zero attached hydrogens (tertiary/aromatic N) is 1. The number of hydrogen-bond acceptors (Lipinski definition) is 6. The van der Waals surface area contributed by atoms with Gasteiger partial charge in [-0.2, -0.15) is 0 Å². The third kappa shape index (κ3) is 11.9. The van der Waals surface area contributed by atoms with E-state index in [-0.39, 0.29) is 30.1 Å². The lowest BCUT2D eigenvalue weighted by Gasteiger charge is -2.30. The van der Waals surface area contributed by atoms with Gasteiger partial charge in [-0.25, -0.2) is 0 Å². The Hall–Kier alpha value is -0.690. The second-order valence-corrected chi connectivity index (χ2v) is 8.13. The first-order valence-electron chi connectivity index (χ1n) is 11.1. The monoisotopic (exact) mass is 419 g/mol. The van der Waals surface area contributed by atoms with Gasteiger partial charge in [0.05, 0.1) is 24.4 Å². The largest absolute Gasteiger partial charge is 0.399 e. The first-order valence-corrected chi connectivity index (χ1v) is 11.1. The van der Waals surface area contributed by atoms with E-state index in [9.17, 15) is 10.2 Å². The molecule has 0 aliphatic heterocycles. The minimum atomic E-state index is -0.427. The van der Waals surface area contributed by atoms with Gasteiger partial charge in [-0.1, -0.05) is 66.5 Å². The summed E-state index contributed by atoms with van der Waals surface area (Å²) in [5.41, 5.74) is 0. The Kier molecular flexibility index (Phi) is 19.0. The van der Waals surface area contributed by atoms with E-state index in [0.717, 1.165) is 6.42 Å². The van der Waals surface area contributed by atoms with Gasteiger partial charge in [0, 0.05) is 20.4 Å². The molecular formula is C23H49NO5. The number of methoxy groups -OCH3 is 2. The number of ether oxygens (including phenoxy) is 2. The maximum atomic E-state index is 9.78. The summed E-state index contributed by atoms with van der Waals surface area (Å²) in [6.07, 6.45) is 4.67. The Morgan fingerprint density at radius 2 is 1.24 bits per heavy atom. The normalized spacial score (nSPS) is 20.0. The molecule has 29 heavy (non-hydrogen) atoms. The average Bonchev–Trinajstić information content (AvgIpc) is 2.72. The van der Waals surface area contributed by atoms with Gasteiger partial charge in [0.15, 0.2) is 0 Å². The zero-order valence-electron chi connectivity index (χ0n) is 20.6. The Morgan fingerprint density at radius 1 is 0.793 bits per heavy atom. The van der Waals surface area contributed by atoms with Crippen LogP contribution >= 0.6 is 0 Å². The highest BCUT2D eigenvalue weighted by Crippen LogP contribution is 2.24. The van der Waals surface area contributed by atoms with Crippen molar-refractivity contribution >= 4 is 6.21 Å². The molecule has 0 rings (SSSR count). The van der Waals surface area contributed by atoms with Crippen molar-refractivity contribution in [2.24, 2.45) is 28.8 Å². The van der Waals surface area contributed by atoms with Gasteiger partial charge in [-0.05, 0) is 36.5 Å². The highest BCUT2D eigenvalue weighted by molar-refractivity contribution is 5.59. The molecule has 176 valence electrons. The third-order valence-electron chi connectivity index (χ3n) is 6.05. The first kappa shape index (κ1) is 30.5. The standard InChI is InChI=1S/C12H26O2.C11H23NO3/c1-6-8-9(3)10(4)12(14-5)11(13)7-2;1-6-10(13)11(14-4)9(3)8(2)7-12-15-5/h9-13H,6-8H2,1-5H3;7-11,13H,6H2,1-5H3. The molecule has 0 amide bonds. The van der Waals surface area contributed by atoms with Crippen LogP contribution in [0.25, 0.3) is 0 Å². The summed E-state index contributed by atoms with van der Waals surface area (Å²) in [6, 6.07) is 0. The number of aliphatic hydroxyl groups excluding tert-OH is 2. The smallest absolute Gasteiger partial charge is 0.106 e. The molecule has 0 spiro atoms. The molecule has 0 aromatic rings. The molecule has 0 aliphatic rings. The molecule has 0 aromatic carbocycles. The van der Waals surface area contributed by atoms with Crippen molar-refractivity contribution in [2.45, 2.75) is 98.6 Å². The lowest BCUT2D eigenvalue weighted by atomic mass is 9.84. The van der Waals surface area contributed by atoms with E-state index >= 15 is 0 Å². The average molecular weight is 420 g/mol. The second kappa shape index (κ2) is 18.1. The molecule has 2 N–H and O–H groups in total. The molecule has 6 nitrogen and oxygen atoms in total. The number of hydrogen-bond donors (Lipinski definition) is 2. The Balaban J connectivity index is 0. The van der Waals surface area contributed by atoms with Gasteiger partial charge < -0.3 is 24.5 Å². The first-order chi connectivity index (χ1) is 13.7. The van der Waals surface area contributed by atoms with E-state index in [1.807, 2.05) is 27.7 Å². The molecule has 0 saturated heterocycles. The summed E-state index contributed by atoms with van der Waals surface area (Å²) in [5, 5.41) is 23.3. The molecule has 0 bridgehead atoms. The molecule has 8 atom stereocenters. The van der Waals surface area contributed by atoms with Gasteiger partial charge in [0.2, 0.25) is 0 Å². The van der Waals surface area contributed by atoms with E-state index < -0.39 is 6.10 Å². The summed E-state index contributed by atoms with van der Waals surface area (Å²) in [5.74, 6) is 1.45. The fourth-order valence-electron chi connectivity index (χ4n) is 3.54. The molecular weight excluding hydrogens is 370 g/mol. The van der Waals surface area contributed by atoms with Crippen molar-refractivity contribution in [3.8, 4) is 0 Å². The van der Waals surface area contributed by atoms with Crippen molar-refractivity contribution in [1.29, 1.82) is 0 Å². The van der Waals surface area contributed by atoms with Crippen LogP contribution in [0.3, 0.4) is 0 Å². The van der Waals surface area contributed by atoms with Crippen molar-refractivity contribution in [3.05, 3.63) is 0 Å². The third-order valence-corrected chi connectivity index (χ3v) is 6.05. The summed E-state index contributed by atoms with van der Waals surface area (Å²) in [4.78, 5) is 4.63. The van der Waals surface area contributed by atoms with E-state index in [4.69, 9.17) is 9.47 Å². The highest BCUT2D eigenvalue weighted by Gasteiger charge is 2.28. The minimum absolute atomic E-state index is 0.0125. The molecule has 0 heterocycles. The quantitative estimate of drug-likeness (QED) is 0.319. The summed E-state index contributed by atoms with van der Waals surface area (Å²) < 4.78 is 10.7. The van der Waals surface area contributed by atoms with Gasteiger partial charge in [-0.3, -0.25) is 0 Å². The molecule has 0 fully saturated rings. The maximum Gasteiger partial charge on any atom is 0.106 e. The predicted molar refractivity (Wildman–Crippen MR) is 121 cm³/mol. The van der Waals surface area contributed by atoms with Gasteiger partial charge in [0.25, 0.3) is 0 Å². The maximum absolute atomic E-state index is 9.78. The molecule has 0 aromatic heterocycles. The van der Waals surface area contributed by atoms with Gasteiger partial charge in [-0.15, -0.1) is 0 Å². The highest BCUT2D eigenvalue weighted by atomic mass is 16.6. The Labute approximate surface area is 180 Å². The van der Waals surface area contributed by atoms with Gasteiger partial charge >= 0.3 is 0 Å². The van der Waals surface area contributed by atoms with Crippen molar-refractivity contribution in [2.75, 3.05) is 21.3 Å². The molecule has 6 heteroatoms. The van der Waals surface area contributed by atoms with E-state index in [1.54, 1.807) is 20.4 Å². The lowest BCUT2D eigenvalue weighted by molar-refractivity contribution is -0.0556. The van der Waals surface area contributed by atoms with Crippen molar-refractivity contribution < 1.29 is 24.5 Å². The Bertz CT molecular complexity index is 393. The second-order valence-electron chi connectivity index (χ2n) is 8.13. The van der Waals surface area contributed by atoms with Crippen LogP contribution in [0.4, 0.5) is 0 Å². The van der Waals surface area contributed by atoms with E-state index in [1.165, 1.54) is 20.0 Å². The van der Waals surface area contributed by atoms with Crippen LogP contribution in [-0.4, -0.2) is 62.2 Å². The number of aliphatic hydroxyl groups is 2. The molecule has 0 radical (unpaired) electrons. The predicted octanol–water partition coefficient (Wildman–Crippen LogP) is 4.52. The molecule has 0 aliphatic carbocycles. The minimum Gasteiger partial charge on any atom is -0.399 e. The number of oxime groups is 1. The van der Waals surface area contributed by atoms with Crippen molar-refractivity contribution in [3.63, 3.8) is 0 Å². The van der Waals surface area contributed by atoms with E-state index in [0.29, 0.717) is 18.3 Å². The summed E-state index contributed by atoms with van der Waals surface area (Å²) in [7, 11) is 4.83. The van der Waals surface area contributed by atoms with Crippen molar-refractivity contribution in [1.82, 2.24) is 0 Å². The summed E-state index contributed by atoms with van der Waals surface area (Å²) >= 11 is 0. The van der Waals surface area contributed by atoms with Crippen LogP contribution in [0.1, 0.15) is 74.1 Å².